The van der Waals surface area contributed by atoms with Gasteiger partial charge in [-0.25, -0.2) is 13.2 Å². The van der Waals surface area contributed by atoms with E-state index in [2.05, 4.69) is 20.7 Å². The molecule has 8 heteroatoms. The summed E-state index contributed by atoms with van der Waals surface area (Å²) in [6.45, 7) is 0. The highest BCUT2D eigenvalue weighted by Gasteiger charge is 2.20. The summed E-state index contributed by atoms with van der Waals surface area (Å²) >= 11 is 5.15. The highest BCUT2D eigenvalue weighted by molar-refractivity contribution is 14.1. The fourth-order valence-electron chi connectivity index (χ4n) is 1.59. The Hall–Kier alpha value is -1.13. The molecular formula is C13H9BrINO4S. The number of para-hydroxylation sites is 1. The van der Waals surface area contributed by atoms with Crippen molar-refractivity contribution in [1.29, 1.82) is 0 Å². The summed E-state index contributed by atoms with van der Waals surface area (Å²) in [7, 11) is -3.89. The zero-order valence-electron chi connectivity index (χ0n) is 10.4. The van der Waals surface area contributed by atoms with Crippen molar-refractivity contribution in [3.63, 3.8) is 0 Å². The molecule has 110 valence electrons. The van der Waals surface area contributed by atoms with Crippen molar-refractivity contribution in [2.24, 2.45) is 0 Å². The Kier molecular flexibility index (Phi) is 4.89. The first kappa shape index (κ1) is 16.2. The normalized spacial score (nSPS) is 11.1. The highest BCUT2D eigenvalue weighted by Crippen LogP contribution is 2.27. The summed E-state index contributed by atoms with van der Waals surface area (Å²) in [5.41, 5.74) is 0.340. The number of aromatic carboxylic acids is 1. The Morgan fingerprint density at radius 2 is 1.86 bits per heavy atom. The number of anilines is 1. The predicted octanol–water partition coefficient (Wildman–Crippen LogP) is 3.55. The summed E-state index contributed by atoms with van der Waals surface area (Å²) in [5.74, 6) is -1.19. The fourth-order valence-corrected chi connectivity index (χ4v) is 4.36. The lowest BCUT2D eigenvalue weighted by Crippen LogP contribution is -2.15. The van der Waals surface area contributed by atoms with Crippen LogP contribution in [-0.2, 0) is 10.0 Å². The first-order valence-corrected chi connectivity index (χ1v) is 8.97. The molecule has 2 rings (SSSR count). The van der Waals surface area contributed by atoms with Gasteiger partial charge in [0.05, 0.1) is 11.3 Å². The van der Waals surface area contributed by atoms with E-state index in [1.54, 1.807) is 24.3 Å². The van der Waals surface area contributed by atoms with Crippen LogP contribution in [0.4, 0.5) is 5.69 Å². The number of hydrogen-bond acceptors (Lipinski definition) is 3. The van der Waals surface area contributed by atoms with Crippen molar-refractivity contribution in [2.45, 2.75) is 4.90 Å². The van der Waals surface area contributed by atoms with Crippen LogP contribution in [0.2, 0.25) is 0 Å². The van der Waals surface area contributed by atoms with Crippen LogP contribution in [0.1, 0.15) is 10.4 Å². The third-order valence-corrected chi connectivity index (χ3v) is 5.89. The number of carboxylic acid groups (broad SMARTS) is 1. The third kappa shape index (κ3) is 3.74. The molecule has 0 saturated heterocycles. The number of benzene rings is 2. The van der Waals surface area contributed by atoms with Gasteiger partial charge < -0.3 is 5.11 Å². The number of nitrogens with one attached hydrogen (secondary N) is 1. The van der Waals surface area contributed by atoms with Gasteiger partial charge in [-0.3, -0.25) is 4.72 Å². The second kappa shape index (κ2) is 6.32. The van der Waals surface area contributed by atoms with E-state index in [1.807, 2.05) is 22.6 Å². The molecule has 2 aromatic rings. The molecule has 0 aliphatic carbocycles. The van der Waals surface area contributed by atoms with Crippen molar-refractivity contribution >= 4 is 60.2 Å². The zero-order valence-corrected chi connectivity index (χ0v) is 14.9. The van der Waals surface area contributed by atoms with E-state index < -0.39 is 16.0 Å². The van der Waals surface area contributed by atoms with Crippen LogP contribution < -0.4 is 4.72 Å². The van der Waals surface area contributed by atoms with E-state index in [0.29, 0.717) is 10.2 Å². The van der Waals surface area contributed by atoms with Crippen LogP contribution >= 0.6 is 38.5 Å². The Morgan fingerprint density at radius 3 is 2.48 bits per heavy atom. The molecule has 0 heterocycles. The van der Waals surface area contributed by atoms with Crippen LogP contribution in [0, 0.1) is 3.57 Å². The molecule has 5 nitrogen and oxygen atoms in total. The van der Waals surface area contributed by atoms with Crippen molar-refractivity contribution in [1.82, 2.24) is 0 Å². The number of hydrogen-bond donors (Lipinski definition) is 2. The molecule has 0 atom stereocenters. The highest BCUT2D eigenvalue weighted by atomic mass is 127. The van der Waals surface area contributed by atoms with Crippen molar-refractivity contribution in [2.75, 3.05) is 4.72 Å². The molecule has 0 spiro atoms. The second-order valence-corrected chi connectivity index (χ2v) is 7.70. The molecule has 2 N–H and O–H groups in total. The monoisotopic (exact) mass is 481 g/mol. The summed E-state index contributed by atoms with van der Waals surface area (Å²) in [6.07, 6.45) is 0. The van der Waals surface area contributed by atoms with Crippen molar-refractivity contribution in [3.05, 3.63) is 56.1 Å². The largest absolute Gasteiger partial charge is 0.478 e. The predicted molar refractivity (Wildman–Crippen MR) is 91.1 cm³/mol. The lowest BCUT2D eigenvalue weighted by Gasteiger charge is -2.11. The Labute approximate surface area is 143 Å². The van der Waals surface area contributed by atoms with E-state index >= 15 is 0 Å². The molecule has 21 heavy (non-hydrogen) atoms. The van der Waals surface area contributed by atoms with Gasteiger partial charge in [0.15, 0.2) is 0 Å². The molecule has 0 amide bonds. The summed E-state index contributed by atoms with van der Waals surface area (Å²) < 4.78 is 28.3. The molecule has 0 aliphatic rings. The Morgan fingerprint density at radius 1 is 1.19 bits per heavy atom. The van der Waals surface area contributed by atoms with Crippen molar-refractivity contribution in [3.8, 4) is 0 Å². The number of carboxylic acids is 1. The molecule has 0 aromatic heterocycles. The molecule has 0 saturated carbocycles. The van der Waals surface area contributed by atoms with Crippen LogP contribution in [0.3, 0.4) is 0 Å². The minimum atomic E-state index is -3.89. The standard InChI is InChI=1S/C13H9BrINO4S/c14-9-6-5-8(13(17)18)7-12(9)21(19,20)16-11-4-2-1-3-10(11)15/h1-7,16H,(H,17,18). The molecule has 0 aliphatic heterocycles. The van der Waals surface area contributed by atoms with Crippen LogP contribution in [0.15, 0.2) is 51.8 Å². The van der Waals surface area contributed by atoms with Gasteiger partial charge in [-0.1, -0.05) is 12.1 Å². The van der Waals surface area contributed by atoms with Gasteiger partial charge in [-0.05, 0) is 68.9 Å². The maximum absolute atomic E-state index is 12.4. The maximum Gasteiger partial charge on any atom is 0.335 e. The lowest BCUT2D eigenvalue weighted by atomic mass is 10.2. The zero-order chi connectivity index (χ0) is 15.6. The lowest BCUT2D eigenvalue weighted by molar-refractivity contribution is 0.0696. The summed E-state index contributed by atoms with van der Waals surface area (Å²) in [5, 5.41) is 8.97. The quantitative estimate of drug-likeness (QED) is 0.654. The molecule has 2 aromatic carbocycles. The number of sulfonamides is 1. The van der Waals surface area contributed by atoms with Gasteiger partial charge in [-0.15, -0.1) is 0 Å². The van der Waals surface area contributed by atoms with Crippen molar-refractivity contribution < 1.29 is 18.3 Å². The van der Waals surface area contributed by atoms with Gasteiger partial charge in [0.1, 0.15) is 4.90 Å². The van der Waals surface area contributed by atoms with E-state index in [1.165, 1.54) is 12.1 Å². The maximum atomic E-state index is 12.4. The first-order chi connectivity index (χ1) is 9.81. The van der Waals surface area contributed by atoms with Gasteiger partial charge in [0.2, 0.25) is 0 Å². The number of halogens is 2. The first-order valence-electron chi connectivity index (χ1n) is 5.61. The summed E-state index contributed by atoms with van der Waals surface area (Å²) in [4.78, 5) is 10.8. The van der Waals surface area contributed by atoms with E-state index in [9.17, 15) is 13.2 Å². The van der Waals surface area contributed by atoms with Crippen LogP contribution in [-0.4, -0.2) is 19.5 Å². The fraction of sp³-hybridized carbons (Fsp3) is 0. The van der Waals surface area contributed by atoms with Gasteiger partial charge in [0.25, 0.3) is 10.0 Å². The molecule has 0 radical (unpaired) electrons. The minimum Gasteiger partial charge on any atom is -0.478 e. The average Bonchev–Trinajstić information content (AvgIpc) is 2.41. The Balaban J connectivity index is 2.47. The van der Waals surface area contributed by atoms with Crippen LogP contribution in [0.25, 0.3) is 0 Å². The molecule has 0 bridgehead atoms. The minimum absolute atomic E-state index is 0.0960. The number of rotatable bonds is 4. The van der Waals surface area contributed by atoms with Gasteiger partial charge in [0, 0.05) is 8.04 Å². The molecule has 0 fully saturated rings. The van der Waals surface area contributed by atoms with E-state index in [-0.39, 0.29) is 10.5 Å². The van der Waals surface area contributed by atoms with Gasteiger partial charge >= 0.3 is 5.97 Å². The third-order valence-electron chi connectivity index (χ3n) is 2.59. The smallest absolute Gasteiger partial charge is 0.335 e. The SMILES string of the molecule is O=C(O)c1ccc(Br)c(S(=O)(=O)Nc2ccccc2I)c1. The van der Waals surface area contributed by atoms with E-state index in [4.69, 9.17) is 5.11 Å². The second-order valence-electron chi connectivity index (χ2n) is 4.04. The number of carbonyl (C=O) groups is 1. The summed E-state index contributed by atoms with van der Waals surface area (Å²) in [6, 6.07) is 10.7. The van der Waals surface area contributed by atoms with Gasteiger partial charge in [-0.2, -0.15) is 0 Å². The molecular weight excluding hydrogens is 473 g/mol. The molecule has 0 unspecified atom stereocenters. The Bertz CT molecular complexity index is 808. The average molecular weight is 482 g/mol. The topological polar surface area (TPSA) is 83.5 Å². The van der Waals surface area contributed by atoms with Crippen LogP contribution in [0.5, 0.6) is 0 Å². The van der Waals surface area contributed by atoms with E-state index in [0.717, 1.165) is 9.64 Å².